The second kappa shape index (κ2) is 8.33. The summed E-state index contributed by atoms with van der Waals surface area (Å²) >= 11 is 0. The smallest absolute Gasteiger partial charge is 0.261 e. The van der Waals surface area contributed by atoms with Gasteiger partial charge in [-0.25, -0.2) is 9.97 Å². The number of nitrogens with zero attached hydrogens (tertiary/aromatic N) is 5. The molecule has 8 nitrogen and oxygen atoms in total. The number of amides is 3. The molecule has 3 aliphatic rings. The van der Waals surface area contributed by atoms with Crippen LogP contribution in [0.1, 0.15) is 68.9 Å². The van der Waals surface area contributed by atoms with Crippen molar-refractivity contribution in [1.29, 1.82) is 0 Å². The van der Waals surface area contributed by atoms with Crippen LogP contribution in [0.2, 0.25) is 0 Å². The summed E-state index contributed by atoms with van der Waals surface area (Å²) < 4.78 is 0. The van der Waals surface area contributed by atoms with Crippen molar-refractivity contribution in [2.24, 2.45) is 0 Å². The van der Waals surface area contributed by atoms with Gasteiger partial charge in [-0.15, -0.1) is 0 Å². The van der Waals surface area contributed by atoms with Crippen molar-refractivity contribution >= 4 is 23.5 Å². The third-order valence-electron chi connectivity index (χ3n) is 6.79. The number of hydrogen-bond donors (Lipinski definition) is 0. The molecule has 166 valence electrons. The SMILES string of the molecule is Cc1cc(N2CCN(C(=O)c3ccc4c(c3)C(=O)N(C3CCCCC3)C4=O)CC2)ncn1. The molecule has 2 fully saturated rings. The summed E-state index contributed by atoms with van der Waals surface area (Å²) in [5, 5.41) is 0. The summed E-state index contributed by atoms with van der Waals surface area (Å²) in [5.41, 5.74) is 2.15. The van der Waals surface area contributed by atoms with Crippen molar-refractivity contribution in [3.8, 4) is 0 Å². The molecule has 0 unspecified atom stereocenters. The van der Waals surface area contributed by atoms with Crippen LogP contribution in [-0.4, -0.2) is 69.7 Å². The lowest BCUT2D eigenvalue weighted by Gasteiger charge is -2.35. The van der Waals surface area contributed by atoms with Gasteiger partial charge in [-0.3, -0.25) is 19.3 Å². The van der Waals surface area contributed by atoms with Crippen LogP contribution in [-0.2, 0) is 0 Å². The van der Waals surface area contributed by atoms with Crippen LogP contribution >= 0.6 is 0 Å². The lowest BCUT2D eigenvalue weighted by Crippen LogP contribution is -2.49. The summed E-state index contributed by atoms with van der Waals surface area (Å²) in [4.78, 5) is 52.9. The van der Waals surface area contributed by atoms with Gasteiger partial charge < -0.3 is 9.80 Å². The van der Waals surface area contributed by atoms with E-state index in [4.69, 9.17) is 0 Å². The number of aryl methyl sites for hydroxylation is 1. The van der Waals surface area contributed by atoms with Crippen LogP contribution in [0.5, 0.6) is 0 Å². The van der Waals surface area contributed by atoms with Gasteiger partial charge in [-0.2, -0.15) is 0 Å². The van der Waals surface area contributed by atoms with Gasteiger partial charge in [0.1, 0.15) is 12.1 Å². The van der Waals surface area contributed by atoms with Gasteiger partial charge in [0, 0.05) is 49.5 Å². The Morgan fingerprint density at radius 1 is 0.906 bits per heavy atom. The van der Waals surface area contributed by atoms with E-state index in [0.717, 1.165) is 43.6 Å². The van der Waals surface area contributed by atoms with E-state index in [1.807, 2.05) is 13.0 Å². The Morgan fingerprint density at radius 2 is 1.62 bits per heavy atom. The second-order valence-electron chi connectivity index (χ2n) is 8.83. The zero-order valence-electron chi connectivity index (χ0n) is 18.3. The Balaban J connectivity index is 1.29. The van der Waals surface area contributed by atoms with E-state index < -0.39 is 0 Å². The van der Waals surface area contributed by atoms with Gasteiger partial charge in [0.25, 0.3) is 17.7 Å². The molecule has 2 aromatic rings. The number of fused-ring (bicyclic) bond motifs is 1. The van der Waals surface area contributed by atoms with Crippen LogP contribution < -0.4 is 4.90 Å². The number of aromatic nitrogens is 2. The first-order valence-electron chi connectivity index (χ1n) is 11.4. The third kappa shape index (κ3) is 3.63. The Bertz CT molecular complexity index is 1070. The number of carbonyl (C=O) groups is 3. The average molecular weight is 434 g/mol. The first kappa shape index (κ1) is 20.6. The van der Waals surface area contributed by atoms with Gasteiger partial charge in [-0.1, -0.05) is 19.3 Å². The fraction of sp³-hybridized carbons (Fsp3) is 0.458. The highest BCUT2D eigenvalue weighted by molar-refractivity contribution is 6.22. The van der Waals surface area contributed by atoms with Crippen molar-refractivity contribution < 1.29 is 14.4 Å². The molecule has 1 aromatic heterocycles. The summed E-state index contributed by atoms with van der Waals surface area (Å²) in [6, 6.07) is 6.86. The van der Waals surface area contributed by atoms with E-state index in [9.17, 15) is 14.4 Å². The first-order valence-corrected chi connectivity index (χ1v) is 11.4. The number of benzene rings is 1. The summed E-state index contributed by atoms with van der Waals surface area (Å²) in [6.45, 7) is 4.43. The molecule has 5 rings (SSSR count). The minimum absolute atomic E-state index is 0.0196. The Hall–Kier alpha value is -3.29. The molecule has 0 spiro atoms. The summed E-state index contributed by atoms with van der Waals surface area (Å²) in [7, 11) is 0. The Labute approximate surface area is 187 Å². The Kier molecular flexibility index (Phi) is 5.36. The molecule has 3 heterocycles. The number of imide groups is 1. The van der Waals surface area contributed by atoms with Crippen molar-refractivity contribution in [3.63, 3.8) is 0 Å². The maximum absolute atomic E-state index is 13.1. The van der Waals surface area contributed by atoms with E-state index in [2.05, 4.69) is 14.9 Å². The van der Waals surface area contributed by atoms with Crippen LogP contribution in [0.15, 0.2) is 30.6 Å². The van der Waals surface area contributed by atoms with E-state index >= 15 is 0 Å². The quantitative estimate of drug-likeness (QED) is 0.692. The normalized spacial score (nSPS) is 19.5. The maximum atomic E-state index is 13.1. The predicted octanol–water partition coefficient (Wildman–Crippen LogP) is 2.68. The van der Waals surface area contributed by atoms with Crippen LogP contribution in [0, 0.1) is 6.92 Å². The molecular formula is C24H27N5O3. The lowest BCUT2D eigenvalue weighted by atomic mass is 9.94. The predicted molar refractivity (Wildman–Crippen MR) is 119 cm³/mol. The summed E-state index contributed by atoms with van der Waals surface area (Å²) in [5.74, 6) is 0.289. The third-order valence-corrected chi connectivity index (χ3v) is 6.79. The first-order chi connectivity index (χ1) is 15.5. The highest BCUT2D eigenvalue weighted by atomic mass is 16.2. The van der Waals surface area contributed by atoms with Crippen LogP contribution in [0.4, 0.5) is 5.82 Å². The van der Waals surface area contributed by atoms with E-state index in [0.29, 0.717) is 42.9 Å². The fourth-order valence-corrected chi connectivity index (χ4v) is 5.00. The van der Waals surface area contributed by atoms with Gasteiger partial charge in [-0.05, 0) is 38.0 Å². The van der Waals surface area contributed by atoms with E-state index in [1.165, 1.54) is 4.90 Å². The van der Waals surface area contributed by atoms with E-state index in [-0.39, 0.29) is 23.8 Å². The molecular weight excluding hydrogens is 406 g/mol. The minimum Gasteiger partial charge on any atom is -0.353 e. The molecule has 0 bridgehead atoms. The van der Waals surface area contributed by atoms with Gasteiger partial charge >= 0.3 is 0 Å². The van der Waals surface area contributed by atoms with Crippen LogP contribution in [0.3, 0.4) is 0 Å². The maximum Gasteiger partial charge on any atom is 0.261 e. The zero-order valence-corrected chi connectivity index (χ0v) is 18.3. The highest BCUT2D eigenvalue weighted by Crippen LogP contribution is 2.31. The van der Waals surface area contributed by atoms with Crippen molar-refractivity contribution in [2.45, 2.75) is 45.1 Å². The highest BCUT2D eigenvalue weighted by Gasteiger charge is 2.40. The number of anilines is 1. The number of rotatable bonds is 3. The molecule has 8 heteroatoms. The van der Waals surface area contributed by atoms with Gasteiger partial charge in [0.2, 0.25) is 0 Å². The molecule has 1 saturated heterocycles. The van der Waals surface area contributed by atoms with E-state index in [1.54, 1.807) is 29.4 Å². The standard InChI is InChI=1S/C24H27N5O3/c1-16-13-21(26-15-25-16)27-9-11-28(12-10-27)22(30)17-7-8-19-20(14-17)24(32)29(23(19)31)18-5-3-2-4-6-18/h7-8,13-15,18H,2-6,9-12H2,1H3. The van der Waals surface area contributed by atoms with Gasteiger partial charge in [0.05, 0.1) is 11.1 Å². The topological polar surface area (TPSA) is 86.7 Å². The molecule has 1 saturated carbocycles. The molecule has 1 aliphatic carbocycles. The lowest BCUT2D eigenvalue weighted by molar-refractivity contribution is 0.0548. The Morgan fingerprint density at radius 3 is 2.34 bits per heavy atom. The molecule has 32 heavy (non-hydrogen) atoms. The molecule has 1 aromatic carbocycles. The zero-order chi connectivity index (χ0) is 22.2. The molecule has 3 amide bonds. The minimum atomic E-state index is -0.254. The molecule has 0 atom stereocenters. The molecule has 2 aliphatic heterocycles. The molecule has 0 N–H and O–H groups in total. The summed E-state index contributed by atoms with van der Waals surface area (Å²) in [6.07, 6.45) is 6.54. The average Bonchev–Trinajstić information content (AvgIpc) is 3.08. The van der Waals surface area contributed by atoms with Crippen molar-refractivity contribution in [2.75, 3.05) is 31.1 Å². The number of carbonyl (C=O) groups excluding carboxylic acids is 3. The second-order valence-corrected chi connectivity index (χ2v) is 8.83. The fourth-order valence-electron chi connectivity index (χ4n) is 5.00. The van der Waals surface area contributed by atoms with Gasteiger partial charge in [0.15, 0.2) is 0 Å². The largest absolute Gasteiger partial charge is 0.353 e. The van der Waals surface area contributed by atoms with Crippen molar-refractivity contribution in [3.05, 3.63) is 53.0 Å². The number of piperazine rings is 1. The number of hydrogen-bond acceptors (Lipinski definition) is 6. The molecule has 0 radical (unpaired) electrons. The monoisotopic (exact) mass is 433 g/mol. The van der Waals surface area contributed by atoms with Crippen molar-refractivity contribution in [1.82, 2.24) is 19.8 Å². The van der Waals surface area contributed by atoms with Crippen LogP contribution in [0.25, 0.3) is 0 Å².